The van der Waals surface area contributed by atoms with Gasteiger partial charge >= 0.3 is 0 Å². The third-order valence-electron chi connectivity index (χ3n) is 2.20. The molecule has 5 heteroatoms. The fourth-order valence-electron chi connectivity index (χ4n) is 1.53. The number of allylic oxidation sites excluding steroid dienone is 1. The zero-order chi connectivity index (χ0) is 12.1. The van der Waals surface area contributed by atoms with Gasteiger partial charge in [0.05, 0.1) is 17.0 Å². The molecule has 0 spiro atoms. The molecular weight excluding hydrogens is 204 g/mol. The predicted octanol–water partition coefficient (Wildman–Crippen LogP) is 1.81. The van der Waals surface area contributed by atoms with E-state index in [1.54, 1.807) is 0 Å². The van der Waals surface area contributed by atoms with E-state index in [0.717, 1.165) is 23.2 Å². The van der Waals surface area contributed by atoms with Gasteiger partial charge in [-0.3, -0.25) is 5.41 Å². The first-order valence-corrected chi connectivity index (χ1v) is 4.96. The highest BCUT2D eigenvalue weighted by molar-refractivity contribution is 6.15. The summed E-state index contributed by atoms with van der Waals surface area (Å²) in [6.45, 7) is 5.62. The number of hydrogen-bond donors (Lipinski definition) is 2. The van der Waals surface area contributed by atoms with Crippen molar-refractivity contribution in [2.24, 2.45) is 4.99 Å². The molecule has 1 aromatic heterocycles. The summed E-state index contributed by atoms with van der Waals surface area (Å²) in [6.07, 6.45) is 2.85. The number of aromatic nitrogens is 1. The molecular formula is C11H16N4O. The molecule has 0 aromatic carbocycles. The van der Waals surface area contributed by atoms with E-state index < -0.39 is 0 Å². The summed E-state index contributed by atoms with van der Waals surface area (Å²) < 4.78 is 5.10. The Morgan fingerprint density at radius 1 is 1.50 bits per heavy atom. The molecule has 0 saturated carbocycles. The van der Waals surface area contributed by atoms with Crippen molar-refractivity contribution in [3.63, 3.8) is 0 Å². The van der Waals surface area contributed by atoms with Gasteiger partial charge < -0.3 is 9.84 Å². The van der Waals surface area contributed by atoms with Crippen LogP contribution in [0, 0.1) is 19.3 Å². The average molecular weight is 220 g/mol. The maximum Gasteiger partial charge on any atom is 0.143 e. The normalized spacial score (nSPS) is 12.8. The lowest BCUT2D eigenvalue weighted by Crippen LogP contribution is -2.08. The smallest absolute Gasteiger partial charge is 0.143 e. The van der Waals surface area contributed by atoms with Crippen molar-refractivity contribution in [1.82, 2.24) is 10.5 Å². The molecule has 1 rings (SSSR count). The molecule has 0 aliphatic rings. The summed E-state index contributed by atoms with van der Waals surface area (Å²) in [4.78, 5) is 4.06. The van der Waals surface area contributed by atoms with E-state index in [1.165, 1.54) is 0 Å². The number of hydrogen-bond acceptors (Lipinski definition) is 4. The van der Waals surface area contributed by atoms with Crippen molar-refractivity contribution in [1.29, 1.82) is 5.41 Å². The fourth-order valence-corrected chi connectivity index (χ4v) is 1.53. The van der Waals surface area contributed by atoms with E-state index in [1.807, 2.05) is 34.0 Å². The molecule has 86 valence electrons. The van der Waals surface area contributed by atoms with Crippen LogP contribution in [0.15, 0.2) is 21.3 Å². The van der Waals surface area contributed by atoms with Crippen LogP contribution < -0.4 is 5.32 Å². The third-order valence-corrected chi connectivity index (χ3v) is 2.20. The highest BCUT2D eigenvalue weighted by Crippen LogP contribution is 2.17. The Morgan fingerprint density at radius 2 is 2.19 bits per heavy atom. The summed E-state index contributed by atoms with van der Waals surface area (Å²) in [7, 11) is 1.82. The van der Waals surface area contributed by atoms with Crippen LogP contribution in [0.1, 0.15) is 23.9 Å². The largest absolute Gasteiger partial charge is 0.394 e. The van der Waals surface area contributed by atoms with Crippen LogP contribution in [0.3, 0.4) is 0 Å². The number of rotatable bonds is 4. The quantitative estimate of drug-likeness (QED) is 0.600. The first-order valence-electron chi connectivity index (χ1n) is 4.96. The van der Waals surface area contributed by atoms with Crippen molar-refractivity contribution in [2.75, 3.05) is 7.05 Å². The Kier molecular flexibility index (Phi) is 3.99. The molecule has 16 heavy (non-hydrogen) atoms. The lowest BCUT2D eigenvalue weighted by molar-refractivity contribution is 0.393. The molecule has 0 bridgehead atoms. The van der Waals surface area contributed by atoms with Gasteiger partial charge in [-0.25, -0.2) is 4.99 Å². The van der Waals surface area contributed by atoms with Crippen LogP contribution in [-0.2, 0) is 0 Å². The highest BCUT2D eigenvalue weighted by atomic mass is 16.5. The van der Waals surface area contributed by atoms with Crippen LogP contribution >= 0.6 is 0 Å². The minimum Gasteiger partial charge on any atom is -0.394 e. The predicted molar refractivity (Wildman–Crippen MR) is 64.1 cm³/mol. The molecule has 0 atom stereocenters. The number of aryl methyl sites for hydroxylation is 2. The van der Waals surface area contributed by atoms with Gasteiger partial charge in [0.1, 0.15) is 12.1 Å². The van der Waals surface area contributed by atoms with Gasteiger partial charge in [-0.1, -0.05) is 5.16 Å². The Hall–Kier alpha value is -1.91. The molecule has 0 aliphatic heterocycles. The van der Waals surface area contributed by atoms with Crippen LogP contribution in [-0.4, -0.2) is 24.3 Å². The lowest BCUT2D eigenvalue weighted by atomic mass is 10.0. The molecule has 0 fully saturated rings. The van der Waals surface area contributed by atoms with Gasteiger partial charge in [0.25, 0.3) is 0 Å². The van der Waals surface area contributed by atoms with Crippen molar-refractivity contribution in [2.45, 2.75) is 20.8 Å². The van der Waals surface area contributed by atoms with E-state index >= 15 is 0 Å². The van der Waals surface area contributed by atoms with Gasteiger partial charge in [0, 0.05) is 13.2 Å². The van der Waals surface area contributed by atoms with Crippen LogP contribution in [0.2, 0.25) is 0 Å². The summed E-state index contributed by atoms with van der Waals surface area (Å²) in [5, 5.41) is 13.9. The fraction of sp³-hybridized carbons (Fsp3) is 0.364. The topological polar surface area (TPSA) is 74.3 Å². The van der Waals surface area contributed by atoms with Crippen LogP contribution in [0.25, 0.3) is 0 Å². The maximum atomic E-state index is 7.09. The lowest BCUT2D eigenvalue weighted by Gasteiger charge is -2.05. The molecule has 1 aromatic rings. The van der Waals surface area contributed by atoms with Gasteiger partial charge in [-0.2, -0.15) is 0 Å². The summed E-state index contributed by atoms with van der Waals surface area (Å²) >= 11 is 0. The van der Waals surface area contributed by atoms with E-state index in [9.17, 15) is 0 Å². The standard InChI is InChI=1S/C11H16N4O/c1-7(5-13-4)11(14-6-12)10-8(2)15-16-9(10)3/h5-6,12-13H,1-4H3/b7-5+,12-6?,14-11+. The number of nitrogens with zero attached hydrogens (tertiary/aromatic N) is 2. The SMILES string of the molecule is CN/C=C(C)/C(=N\C=N)c1c(C)noc1C. The molecule has 5 nitrogen and oxygen atoms in total. The average Bonchev–Trinajstić information content (AvgIpc) is 2.56. The summed E-state index contributed by atoms with van der Waals surface area (Å²) in [5.74, 6) is 0.710. The molecule has 2 N–H and O–H groups in total. The van der Waals surface area contributed by atoms with Gasteiger partial charge in [0.15, 0.2) is 0 Å². The van der Waals surface area contributed by atoms with Crippen LogP contribution in [0.4, 0.5) is 0 Å². The zero-order valence-corrected chi connectivity index (χ0v) is 9.96. The number of nitrogens with one attached hydrogen (secondary N) is 2. The molecule has 0 unspecified atom stereocenters. The Morgan fingerprint density at radius 3 is 2.62 bits per heavy atom. The van der Waals surface area contributed by atoms with Gasteiger partial charge in [-0.15, -0.1) is 0 Å². The minimum atomic E-state index is 0.709. The second-order valence-electron chi connectivity index (χ2n) is 3.42. The van der Waals surface area contributed by atoms with Crippen molar-refractivity contribution in [3.05, 3.63) is 28.8 Å². The maximum absolute atomic E-state index is 7.09. The van der Waals surface area contributed by atoms with Crippen molar-refractivity contribution >= 4 is 12.1 Å². The van der Waals surface area contributed by atoms with E-state index in [4.69, 9.17) is 9.93 Å². The van der Waals surface area contributed by atoms with Crippen LogP contribution in [0.5, 0.6) is 0 Å². The Labute approximate surface area is 94.8 Å². The Bertz CT molecular complexity index is 423. The van der Waals surface area contributed by atoms with E-state index in [2.05, 4.69) is 15.5 Å². The number of aliphatic imine (C=N–C) groups is 1. The molecule has 1 heterocycles. The second-order valence-corrected chi connectivity index (χ2v) is 3.42. The van der Waals surface area contributed by atoms with Crippen molar-refractivity contribution < 1.29 is 4.52 Å². The monoisotopic (exact) mass is 220 g/mol. The van der Waals surface area contributed by atoms with E-state index in [0.29, 0.717) is 11.5 Å². The first kappa shape index (κ1) is 12.2. The first-order chi connectivity index (χ1) is 7.61. The molecule has 0 amide bonds. The summed E-state index contributed by atoms with van der Waals surface area (Å²) in [6, 6.07) is 0. The van der Waals surface area contributed by atoms with E-state index in [-0.39, 0.29) is 0 Å². The van der Waals surface area contributed by atoms with Gasteiger partial charge in [-0.05, 0) is 26.3 Å². The minimum absolute atomic E-state index is 0.709. The zero-order valence-electron chi connectivity index (χ0n) is 9.96. The van der Waals surface area contributed by atoms with Crippen molar-refractivity contribution in [3.8, 4) is 0 Å². The van der Waals surface area contributed by atoms with Gasteiger partial charge in [0.2, 0.25) is 0 Å². The molecule has 0 saturated heterocycles. The summed E-state index contributed by atoms with van der Waals surface area (Å²) in [5.41, 5.74) is 3.27. The molecule has 0 radical (unpaired) electrons. The second kappa shape index (κ2) is 5.25. The Balaban J connectivity index is 3.29. The third kappa shape index (κ3) is 2.36. The highest BCUT2D eigenvalue weighted by Gasteiger charge is 2.16. The molecule has 0 aliphatic carbocycles.